The molecule has 0 aliphatic rings. The summed E-state index contributed by atoms with van der Waals surface area (Å²) in [6.07, 6.45) is -0.183. The van der Waals surface area contributed by atoms with Gasteiger partial charge in [0.25, 0.3) is 5.91 Å². The molecule has 0 bridgehead atoms. The first kappa shape index (κ1) is 15.7. The van der Waals surface area contributed by atoms with Gasteiger partial charge in [-0.05, 0) is 0 Å². The number of hydrogen-bond acceptors (Lipinski definition) is 3. The number of benzene rings is 1. The molecule has 0 aromatic heterocycles. The first-order chi connectivity index (χ1) is 9.31. The highest BCUT2D eigenvalue weighted by Crippen LogP contribution is 2.22. The number of amidine groups is 1. The monoisotopic (exact) mass is 297 g/mol. The molecular formula is C10H8F5N3O2. The van der Waals surface area contributed by atoms with Gasteiger partial charge in [0.1, 0.15) is 11.4 Å². The van der Waals surface area contributed by atoms with E-state index in [0.717, 1.165) is 0 Å². The molecule has 1 rings (SSSR count). The van der Waals surface area contributed by atoms with Crippen LogP contribution in [0, 0.1) is 29.1 Å². The Kier molecular flexibility index (Phi) is 4.83. The number of nitrogens with two attached hydrogens (primary N) is 1. The SMILES string of the molecule is NC(CCNC(=O)c1c(F)c(F)c(F)c(F)c1F)=NO. The molecule has 0 saturated carbocycles. The molecule has 0 heterocycles. The number of carbonyl (C=O) groups excluding carboxylic acids is 1. The standard InChI is InChI=1S/C10H8F5N3O2/c11-5-4(6(12)8(14)9(15)7(5)13)10(19)17-2-1-3(16)18-20/h20H,1-2H2,(H2,16,18)(H,17,19). The molecule has 0 fully saturated rings. The number of oxime groups is 1. The van der Waals surface area contributed by atoms with Crippen molar-refractivity contribution < 1.29 is 32.0 Å². The van der Waals surface area contributed by atoms with E-state index in [1.807, 2.05) is 5.32 Å². The zero-order chi connectivity index (χ0) is 15.4. The van der Waals surface area contributed by atoms with Crippen molar-refractivity contribution in [2.24, 2.45) is 10.9 Å². The van der Waals surface area contributed by atoms with Gasteiger partial charge in [-0.15, -0.1) is 0 Å². The normalized spacial score (nSPS) is 11.6. The first-order valence-corrected chi connectivity index (χ1v) is 5.07. The highest BCUT2D eigenvalue weighted by Gasteiger charge is 2.29. The van der Waals surface area contributed by atoms with Crippen LogP contribution in [0.25, 0.3) is 0 Å². The Morgan fingerprint density at radius 2 is 1.50 bits per heavy atom. The van der Waals surface area contributed by atoms with E-state index in [-0.39, 0.29) is 18.8 Å². The Morgan fingerprint density at radius 3 is 1.95 bits per heavy atom. The summed E-state index contributed by atoms with van der Waals surface area (Å²) in [6.45, 7) is -0.325. The summed E-state index contributed by atoms with van der Waals surface area (Å²) >= 11 is 0. The Hall–Kier alpha value is -2.39. The van der Waals surface area contributed by atoms with Crippen molar-refractivity contribution in [2.45, 2.75) is 6.42 Å². The third-order valence-electron chi connectivity index (χ3n) is 2.23. The van der Waals surface area contributed by atoms with E-state index in [1.165, 1.54) is 0 Å². The number of halogens is 5. The first-order valence-electron chi connectivity index (χ1n) is 5.07. The summed E-state index contributed by atoms with van der Waals surface area (Å²) in [7, 11) is 0. The van der Waals surface area contributed by atoms with Gasteiger partial charge in [0.15, 0.2) is 23.3 Å². The molecule has 0 radical (unpaired) electrons. The molecule has 0 spiro atoms. The van der Waals surface area contributed by atoms with Gasteiger partial charge in [-0.1, -0.05) is 5.16 Å². The van der Waals surface area contributed by atoms with Crippen LogP contribution in [-0.2, 0) is 0 Å². The Morgan fingerprint density at radius 1 is 1.05 bits per heavy atom. The number of nitrogens with zero attached hydrogens (tertiary/aromatic N) is 1. The number of nitrogens with one attached hydrogen (secondary N) is 1. The molecule has 5 nitrogen and oxygen atoms in total. The maximum absolute atomic E-state index is 13.2. The maximum atomic E-state index is 13.2. The summed E-state index contributed by atoms with van der Waals surface area (Å²) in [5.41, 5.74) is 3.46. The van der Waals surface area contributed by atoms with E-state index in [0.29, 0.717) is 0 Å². The largest absolute Gasteiger partial charge is 0.409 e. The zero-order valence-corrected chi connectivity index (χ0v) is 9.68. The summed E-state index contributed by atoms with van der Waals surface area (Å²) in [4.78, 5) is 11.4. The van der Waals surface area contributed by atoms with Gasteiger partial charge in [-0.3, -0.25) is 4.79 Å². The second kappa shape index (κ2) is 6.17. The Bertz CT molecular complexity index is 547. The van der Waals surface area contributed by atoms with E-state index in [9.17, 15) is 26.7 Å². The van der Waals surface area contributed by atoms with E-state index < -0.39 is 40.6 Å². The van der Waals surface area contributed by atoms with E-state index >= 15 is 0 Å². The summed E-state index contributed by atoms with van der Waals surface area (Å²) < 4.78 is 64.9. The van der Waals surface area contributed by atoms with Crippen LogP contribution >= 0.6 is 0 Å². The van der Waals surface area contributed by atoms with Crippen molar-refractivity contribution in [1.82, 2.24) is 5.32 Å². The second-order valence-electron chi connectivity index (χ2n) is 3.54. The Labute approximate surface area is 108 Å². The van der Waals surface area contributed by atoms with Crippen LogP contribution in [0.5, 0.6) is 0 Å². The fourth-order valence-electron chi connectivity index (χ4n) is 1.25. The van der Waals surface area contributed by atoms with E-state index in [2.05, 4.69) is 5.16 Å². The molecule has 0 atom stereocenters. The summed E-state index contributed by atoms with van der Waals surface area (Å²) in [5.74, 6) is -13.1. The van der Waals surface area contributed by atoms with Crippen LogP contribution < -0.4 is 11.1 Å². The molecule has 10 heteroatoms. The van der Waals surface area contributed by atoms with Gasteiger partial charge in [0.2, 0.25) is 5.82 Å². The van der Waals surface area contributed by atoms with Crippen molar-refractivity contribution in [3.8, 4) is 0 Å². The molecule has 1 amide bonds. The number of amides is 1. The van der Waals surface area contributed by atoms with Crippen molar-refractivity contribution in [2.75, 3.05) is 6.54 Å². The van der Waals surface area contributed by atoms with E-state index in [1.54, 1.807) is 0 Å². The van der Waals surface area contributed by atoms with Gasteiger partial charge in [-0.25, -0.2) is 22.0 Å². The molecule has 1 aromatic rings. The third kappa shape index (κ3) is 2.95. The lowest BCUT2D eigenvalue weighted by Crippen LogP contribution is -2.30. The van der Waals surface area contributed by atoms with E-state index in [4.69, 9.17) is 10.9 Å². The maximum Gasteiger partial charge on any atom is 0.257 e. The molecule has 0 unspecified atom stereocenters. The summed E-state index contributed by atoms with van der Waals surface area (Å²) in [6, 6.07) is 0. The highest BCUT2D eigenvalue weighted by atomic mass is 19.2. The lowest BCUT2D eigenvalue weighted by Gasteiger charge is -2.08. The minimum absolute atomic E-state index is 0.183. The quantitative estimate of drug-likeness (QED) is 0.149. The highest BCUT2D eigenvalue weighted by molar-refractivity contribution is 5.95. The molecule has 0 aliphatic carbocycles. The van der Waals surface area contributed by atoms with Crippen LogP contribution in [-0.4, -0.2) is 23.5 Å². The van der Waals surface area contributed by atoms with Crippen molar-refractivity contribution in [3.05, 3.63) is 34.6 Å². The lowest BCUT2D eigenvalue weighted by molar-refractivity contribution is 0.0943. The predicted molar refractivity (Wildman–Crippen MR) is 56.6 cm³/mol. The Balaban J connectivity index is 3.00. The average Bonchev–Trinajstić information content (AvgIpc) is 2.43. The molecule has 1 aromatic carbocycles. The molecule has 110 valence electrons. The van der Waals surface area contributed by atoms with Crippen LogP contribution in [0.1, 0.15) is 16.8 Å². The van der Waals surface area contributed by atoms with Gasteiger partial charge >= 0.3 is 0 Å². The van der Waals surface area contributed by atoms with Crippen LogP contribution in [0.3, 0.4) is 0 Å². The zero-order valence-electron chi connectivity index (χ0n) is 9.68. The van der Waals surface area contributed by atoms with Crippen LogP contribution in [0.4, 0.5) is 22.0 Å². The molecule has 0 saturated heterocycles. The fraction of sp³-hybridized carbons (Fsp3) is 0.200. The second-order valence-corrected chi connectivity index (χ2v) is 3.54. The van der Waals surface area contributed by atoms with Crippen LogP contribution in [0.2, 0.25) is 0 Å². The molecule has 0 aliphatic heterocycles. The molecule has 4 N–H and O–H groups in total. The molecular weight excluding hydrogens is 289 g/mol. The van der Waals surface area contributed by atoms with Gasteiger partial charge in [0.05, 0.1) is 0 Å². The van der Waals surface area contributed by atoms with Crippen molar-refractivity contribution >= 4 is 11.7 Å². The van der Waals surface area contributed by atoms with Crippen LogP contribution in [0.15, 0.2) is 5.16 Å². The molecule has 20 heavy (non-hydrogen) atoms. The minimum Gasteiger partial charge on any atom is -0.409 e. The fourth-order valence-corrected chi connectivity index (χ4v) is 1.25. The predicted octanol–water partition coefficient (Wildman–Crippen LogP) is 1.25. The smallest absolute Gasteiger partial charge is 0.257 e. The number of carbonyl (C=O) groups is 1. The average molecular weight is 297 g/mol. The van der Waals surface area contributed by atoms with Gasteiger partial charge in [-0.2, -0.15) is 0 Å². The van der Waals surface area contributed by atoms with Gasteiger partial charge < -0.3 is 16.3 Å². The topological polar surface area (TPSA) is 87.7 Å². The van der Waals surface area contributed by atoms with Gasteiger partial charge in [0, 0.05) is 13.0 Å². The van der Waals surface area contributed by atoms with Crippen molar-refractivity contribution in [3.63, 3.8) is 0 Å². The summed E-state index contributed by atoms with van der Waals surface area (Å²) in [5, 5.41) is 12.6. The lowest BCUT2D eigenvalue weighted by atomic mass is 10.1. The number of rotatable bonds is 4. The number of hydrogen-bond donors (Lipinski definition) is 3. The third-order valence-corrected chi connectivity index (χ3v) is 2.23. The van der Waals surface area contributed by atoms with Crippen molar-refractivity contribution in [1.29, 1.82) is 0 Å². The minimum atomic E-state index is -2.35.